The lowest BCUT2D eigenvalue weighted by Crippen LogP contribution is -2.04. The van der Waals surface area contributed by atoms with E-state index in [9.17, 15) is 13.2 Å². The molecule has 0 saturated carbocycles. The first-order valence-electron chi connectivity index (χ1n) is 7.31. The lowest BCUT2D eigenvalue weighted by molar-refractivity contribution is -0.137. The zero-order valence-electron chi connectivity index (χ0n) is 12.8. The maximum Gasteiger partial charge on any atom is 0.416 e. The smallest absolute Gasteiger partial charge is 0.323 e. The predicted octanol–water partition coefficient (Wildman–Crippen LogP) is 6.20. The summed E-state index contributed by atoms with van der Waals surface area (Å²) in [6.45, 7) is 1.99. The van der Waals surface area contributed by atoms with Crippen LogP contribution in [0.25, 0.3) is 16.8 Å². The van der Waals surface area contributed by atoms with E-state index in [1.165, 1.54) is 6.07 Å². The molecular weight excluding hydrogens is 331 g/mol. The van der Waals surface area contributed by atoms with E-state index in [1.807, 2.05) is 42.0 Å². The van der Waals surface area contributed by atoms with Gasteiger partial charge in [-0.15, -0.1) is 0 Å². The van der Waals surface area contributed by atoms with Crippen molar-refractivity contribution in [3.05, 3.63) is 82.6 Å². The number of alkyl halides is 3. The molecule has 1 nitrogen and oxygen atoms in total. The fraction of sp³-hybridized carbons (Fsp3) is 0.105. The molecule has 0 aliphatic carbocycles. The Morgan fingerprint density at radius 3 is 2.42 bits per heavy atom. The Labute approximate surface area is 143 Å². The van der Waals surface area contributed by atoms with Crippen molar-refractivity contribution in [2.45, 2.75) is 13.1 Å². The Morgan fingerprint density at radius 1 is 0.958 bits per heavy atom. The monoisotopic (exact) mass is 345 g/mol. The SMILES string of the molecule is Cc1cccc(-n2ccc(=S)c(-c3cccc(C(F)(F)F)c3)c2)c1. The summed E-state index contributed by atoms with van der Waals surface area (Å²) >= 11 is 5.31. The van der Waals surface area contributed by atoms with Gasteiger partial charge in [0.25, 0.3) is 0 Å². The Balaban J connectivity index is 2.12. The van der Waals surface area contributed by atoms with Crippen LogP contribution in [0.1, 0.15) is 11.1 Å². The highest BCUT2D eigenvalue weighted by Crippen LogP contribution is 2.32. The highest BCUT2D eigenvalue weighted by atomic mass is 32.1. The molecule has 2 aromatic carbocycles. The molecule has 122 valence electrons. The maximum absolute atomic E-state index is 12.9. The van der Waals surface area contributed by atoms with Crippen molar-refractivity contribution >= 4 is 12.2 Å². The van der Waals surface area contributed by atoms with Gasteiger partial charge < -0.3 is 4.57 Å². The molecule has 0 fully saturated rings. The summed E-state index contributed by atoms with van der Waals surface area (Å²) in [7, 11) is 0. The summed E-state index contributed by atoms with van der Waals surface area (Å²) in [4.78, 5) is 0. The van der Waals surface area contributed by atoms with Crippen molar-refractivity contribution in [3.63, 3.8) is 0 Å². The molecule has 0 N–H and O–H groups in total. The van der Waals surface area contributed by atoms with Gasteiger partial charge in [0.15, 0.2) is 0 Å². The molecule has 0 atom stereocenters. The van der Waals surface area contributed by atoms with Crippen LogP contribution in [-0.4, -0.2) is 4.57 Å². The third-order valence-corrected chi connectivity index (χ3v) is 4.08. The van der Waals surface area contributed by atoms with Gasteiger partial charge in [0.05, 0.1) is 5.56 Å². The fourth-order valence-electron chi connectivity index (χ4n) is 2.51. The predicted molar refractivity (Wildman–Crippen MR) is 91.8 cm³/mol. The number of pyridine rings is 1. The van der Waals surface area contributed by atoms with Crippen molar-refractivity contribution in [1.82, 2.24) is 4.57 Å². The van der Waals surface area contributed by atoms with E-state index >= 15 is 0 Å². The fourth-order valence-corrected chi connectivity index (χ4v) is 2.74. The number of rotatable bonds is 2. The van der Waals surface area contributed by atoms with Crippen LogP contribution in [0.4, 0.5) is 13.2 Å². The van der Waals surface area contributed by atoms with Crippen molar-refractivity contribution < 1.29 is 13.2 Å². The molecule has 0 aliphatic rings. The molecular formula is C19H14F3NS. The highest BCUT2D eigenvalue weighted by Gasteiger charge is 2.30. The molecule has 5 heteroatoms. The van der Waals surface area contributed by atoms with E-state index < -0.39 is 11.7 Å². The summed E-state index contributed by atoms with van der Waals surface area (Å²) < 4.78 is 41.2. The molecule has 0 saturated heterocycles. The van der Waals surface area contributed by atoms with Crippen LogP contribution >= 0.6 is 12.2 Å². The van der Waals surface area contributed by atoms with Crippen molar-refractivity contribution in [3.8, 4) is 16.8 Å². The first-order chi connectivity index (χ1) is 11.3. The molecule has 24 heavy (non-hydrogen) atoms. The minimum absolute atomic E-state index is 0.455. The van der Waals surface area contributed by atoms with E-state index in [4.69, 9.17) is 12.2 Å². The van der Waals surface area contributed by atoms with E-state index in [1.54, 1.807) is 18.3 Å². The Bertz CT molecular complexity index is 942. The zero-order chi connectivity index (χ0) is 17.3. The minimum atomic E-state index is -4.38. The van der Waals surface area contributed by atoms with Gasteiger partial charge in [-0.1, -0.05) is 36.5 Å². The first-order valence-corrected chi connectivity index (χ1v) is 7.72. The molecule has 0 bridgehead atoms. The summed E-state index contributed by atoms with van der Waals surface area (Å²) in [6, 6.07) is 14.8. The van der Waals surface area contributed by atoms with E-state index in [2.05, 4.69) is 0 Å². The summed E-state index contributed by atoms with van der Waals surface area (Å²) in [5.74, 6) is 0. The van der Waals surface area contributed by atoms with Crippen LogP contribution in [0.3, 0.4) is 0 Å². The Kier molecular flexibility index (Phi) is 4.28. The molecule has 0 unspecified atom stereocenters. The normalized spacial score (nSPS) is 11.5. The molecule has 3 aromatic rings. The number of halogens is 3. The second-order valence-corrected chi connectivity index (χ2v) is 5.99. The largest absolute Gasteiger partial charge is 0.416 e. The molecule has 1 aromatic heterocycles. The number of aryl methyl sites for hydroxylation is 1. The summed E-state index contributed by atoms with van der Waals surface area (Å²) in [5.41, 5.74) is 2.40. The molecule has 0 amide bonds. The van der Waals surface area contributed by atoms with Gasteiger partial charge in [-0.2, -0.15) is 13.2 Å². The standard InChI is InChI=1S/C19H14F3NS/c1-13-4-2-7-16(10-13)23-9-8-18(24)17(12-23)14-5-3-6-15(11-14)19(20,21)22/h2-12H,1H3. The van der Waals surface area contributed by atoms with Gasteiger partial charge in [0.1, 0.15) is 0 Å². The zero-order valence-corrected chi connectivity index (χ0v) is 13.7. The van der Waals surface area contributed by atoms with Gasteiger partial charge in [-0.05, 0) is 48.4 Å². The van der Waals surface area contributed by atoms with E-state index in [0.29, 0.717) is 15.6 Å². The van der Waals surface area contributed by atoms with Crippen LogP contribution in [0.2, 0.25) is 0 Å². The summed E-state index contributed by atoms with van der Waals surface area (Å²) in [5, 5.41) is 0. The number of hydrogen-bond donors (Lipinski definition) is 0. The van der Waals surface area contributed by atoms with Gasteiger partial charge in [-0.25, -0.2) is 0 Å². The third kappa shape index (κ3) is 3.41. The van der Waals surface area contributed by atoms with Crippen LogP contribution in [0, 0.1) is 11.4 Å². The lowest BCUT2D eigenvalue weighted by Gasteiger charge is -2.12. The highest BCUT2D eigenvalue weighted by molar-refractivity contribution is 7.71. The molecule has 0 radical (unpaired) electrons. The average molecular weight is 345 g/mol. The van der Waals surface area contributed by atoms with Crippen LogP contribution < -0.4 is 0 Å². The topological polar surface area (TPSA) is 4.93 Å². The van der Waals surface area contributed by atoms with Crippen molar-refractivity contribution in [2.75, 3.05) is 0 Å². The number of benzene rings is 2. The second-order valence-electron chi connectivity index (χ2n) is 5.55. The average Bonchev–Trinajstić information content (AvgIpc) is 2.54. The molecule has 1 heterocycles. The minimum Gasteiger partial charge on any atom is -0.323 e. The van der Waals surface area contributed by atoms with Gasteiger partial charge in [0, 0.05) is 28.2 Å². The van der Waals surface area contributed by atoms with Gasteiger partial charge in [-0.3, -0.25) is 0 Å². The van der Waals surface area contributed by atoms with Crippen LogP contribution in [0.15, 0.2) is 67.0 Å². The summed E-state index contributed by atoms with van der Waals surface area (Å²) in [6.07, 6.45) is -0.792. The quantitative estimate of drug-likeness (QED) is 0.501. The number of hydrogen-bond acceptors (Lipinski definition) is 1. The van der Waals surface area contributed by atoms with Crippen LogP contribution in [-0.2, 0) is 6.18 Å². The molecule has 3 rings (SSSR count). The second kappa shape index (κ2) is 6.24. The maximum atomic E-state index is 12.9. The van der Waals surface area contributed by atoms with E-state index in [0.717, 1.165) is 23.4 Å². The number of aromatic nitrogens is 1. The lowest BCUT2D eigenvalue weighted by atomic mass is 10.0. The first kappa shape index (κ1) is 16.5. The Morgan fingerprint density at radius 2 is 1.71 bits per heavy atom. The Hall–Kier alpha value is -2.40. The van der Waals surface area contributed by atoms with Crippen molar-refractivity contribution in [2.24, 2.45) is 0 Å². The molecule has 0 aliphatic heterocycles. The number of nitrogens with zero attached hydrogens (tertiary/aromatic N) is 1. The van der Waals surface area contributed by atoms with Gasteiger partial charge in [0.2, 0.25) is 0 Å². The third-order valence-electron chi connectivity index (χ3n) is 3.72. The van der Waals surface area contributed by atoms with Crippen LogP contribution in [0.5, 0.6) is 0 Å². The van der Waals surface area contributed by atoms with E-state index in [-0.39, 0.29) is 0 Å². The molecule has 0 spiro atoms. The van der Waals surface area contributed by atoms with Crippen molar-refractivity contribution in [1.29, 1.82) is 0 Å². The van der Waals surface area contributed by atoms with Gasteiger partial charge >= 0.3 is 6.18 Å².